The Labute approximate surface area is 133 Å². The second-order valence-electron chi connectivity index (χ2n) is 5.58. The average Bonchev–Trinajstić information content (AvgIpc) is 2.94. The summed E-state index contributed by atoms with van der Waals surface area (Å²) in [4.78, 5) is 13.1. The number of anilines is 1. The van der Waals surface area contributed by atoms with Crippen molar-refractivity contribution in [3.05, 3.63) is 66.2 Å². The first-order valence-corrected chi connectivity index (χ1v) is 7.44. The van der Waals surface area contributed by atoms with Crippen molar-refractivity contribution in [3.63, 3.8) is 0 Å². The van der Waals surface area contributed by atoms with Crippen LogP contribution in [0.15, 0.2) is 60.7 Å². The molecule has 0 fully saturated rings. The molecular formula is C19H15NO3. The van der Waals surface area contributed by atoms with Gasteiger partial charge in [-0.15, -0.1) is 0 Å². The minimum atomic E-state index is -0.718. The number of fused-ring (bicyclic) bond motifs is 2. The minimum Gasteiger partial charge on any atom is -0.506 e. The molecule has 1 aliphatic rings. The molecule has 114 valence electrons. The highest BCUT2D eigenvalue weighted by Crippen LogP contribution is 2.43. The molecule has 0 aliphatic carbocycles. The fourth-order valence-electron chi connectivity index (χ4n) is 3.02. The second kappa shape index (κ2) is 5.32. The van der Waals surface area contributed by atoms with Gasteiger partial charge >= 0.3 is 0 Å². The molecule has 0 aromatic heterocycles. The second-order valence-corrected chi connectivity index (χ2v) is 5.58. The van der Waals surface area contributed by atoms with E-state index in [1.807, 2.05) is 18.2 Å². The van der Waals surface area contributed by atoms with Gasteiger partial charge in [-0.3, -0.25) is 4.79 Å². The number of rotatable bonds is 3. The average molecular weight is 305 g/mol. The van der Waals surface area contributed by atoms with E-state index in [0.717, 1.165) is 17.2 Å². The highest BCUT2D eigenvalue weighted by molar-refractivity contribution is 5.83. The predicted molar refractivity (Wildman–Crippen MR) is 88.7 cm³/mol. The van der Waals surface area contributed by atoms with Crippen LogP contribution in [0.3, 0.4) is 0 Å². The first-order chi connectivity index (χ1) is 11.3. The van der Waals surface area contributed by atoms with E-state index in [4.69, 9.17) is 4.74 Å². The van der Waals surface area contributed by atoms with E-state index in [-0.39, 0.29) is 5.75 Å². The molecule has 1 unspecified atom stereocenters. The summed E-state index contributed by atoms with van der Waals surface area (Å²) < 4.78 is 5.61. The molecule has 0 spiro atoms. The SMILES string of the molecule is O=CC1Oc2cccc(O)c2N1Cc1ccc2ccccc2c1. The van der Waals surface area contributed by atoms with Crippen molar-refractivity contribution in [2.24, 2.45) is 0 Å². The molecule has 1 N–H and O–H groups in total. The third kappa shape index (κ3) is 2.28. The highest BCUT2D eigenvalue weighted by atomic mass is 16.5. The minimum absolute atomic E-state index is 0.118. The standard InChI is InChI=1S/C19H15NO3/c21-12-18-20(19-16(22)6-3-7-17(19)23-18)11-13-8-9-14-4-1-2-5-15(14)10-13/h1-10,12,18,22H,11H2. The lowest BCUT2D eigenvalue weighted by Crippen LogP contribution is -2.35. The molecule has 0 amide bonds. The van der Waals surface area contributed by atoms with E-state index in [1.165, 1.54) is 5.39 Å². The van der Waals surface area contributed by atoms with Crippen LogP contribution in [-0.2, 0) is 11.3 Å². The quantitative estimate of drug-likeness (QED) is 0.753. The van der Waals surface area contributed by atoms with E-state index in [9.17, 15) is 9.90 Å². The van der Waals surface area contributed by atoms with Crippen molar-refractivity contribution in [1.82, 2.24) is 0 Å². The molecular weight excluding hydrogens is 290 g/mol. The van der Waals surface area contributed by atoms with Crippen LogP contribution in [0.1, 0.15) is 5.56 Å². The van der Waals surface area contributed by atoms with Gasteiger partial charge in [0.25, 0.3) is 0 Å². The summed E-state index contributed by atoms with van der Waals surface area (Å²) in [6, 6.07) is 19.4. The van der Waals surface area contributed by atoms with Crippen molar-refractivity contribution < 1.29 is 14.6 Å². The zero-order valence-corrected chi connectivity index (χ0v) is 12.3. The maximum atomic E-state index is 11.4. The molecule has 0 bridgehead atoms. The van der Waals surface area contributed by atoms with Crippen LogP contribution >= 0.6 is 0 Å². The number of hydrogen-bond donors (Lipinski definition) is 1. The van der Waals surface area contributed by atoms with Gasteiger partial charge in [0.2, 0.25) is 6.23 Å². The van der Waals surface area contributed by atoms with Crippen LogP contribution in [0.4, 0.5) is 5.69 Å². The molecule has 3 aromatic rings. The summed E-state index contributed by atoms with van der Waals surface area (Å²) in [6.45, 7) is 0.485. The fraction of sp³-hybridized carbons (Fsp3) is 0.105. The number of aromatic hydroxyl groups is 1. The van der Waals surface area contributed by atoms with Gasteiger partial charge in [0.05, 0.1) is 0 Å². The van der Waals surface area contributed by atoms with Gasteiger partial charge < -0.3 is 14.7 Å². The lowest BCUT2D eigenvalue weighted by molar-refractivity contribution is -0.113. The summed E-state index contributed by atoms with van der Waals surface area (Å²) in [7, 11) is 0. The Morgan fingerprint density at radius 2 is 1.87 bits per heavy atom. The zero-order valence-electron chi connectivity index (χ0n) is 12.3. The monoisotopic (exact) mass is 305 g/mol. The molecule has 0 saturated heterocycles. The van der Waals surface area contributed by atoms with Crippen LogP contribution in [0.5, 0.6) is 11.5 Å². The molecule has 0 radical (unpaired) electrons. The number of phenols is 1. The molecule has 1 heterocycles. The molecule has 1 aliphatic heterocycles. The van der Waals surface area contributed by atoms with Gasteiger partial charge in [-0.1, -0.05) is 42.5 Å². The van der Waals surface area contributed by atoms with Crippen LogP contribution in [-0.4, -0.2) is 17.6 Å². The Bertz CT molecular complexity index is 891. The van der Waals surface area contributed by atoms with Crippen molar-refractivity contribution in [3.8, 4) is 11.5 Å². The summed E-state index contributed by atoms with van der Waals surface area (Å²) in [6.07, 6.45) is 0.0327. The Hall–Kier alpha value is -3.01. The number of nitrogens with zero attached hydrogens (tertiary/aromatic N) is 1. The third-order valence-electron chi connectivity index (χ3n) is 4.10. The van der Waals surface area contributed by atoms with E-state index in [1.54, 1.807) is 23.1 Å². The third-order valence-corrected chi connectivity index (χ3v) is 4.10. The van der Waals surface area contributed by atoms with Crippen molar-refractivity contribution in [2.45, 2.75) is 12.8 Å². The van der Waals surface area contributed by atoms with E-state index in [0.29, 0.717) is 18.0 Å². The van der Waals surface area contributed by atoms with Gasteiger partial charge in [-0.2, -0.15) is 0 Å². The summed E-state index contributed by atoms with van der Waals surface area (Å²) in [5.74, 6) is 0.649. The first kappa shape index (κ1) is 13.6. The lowest BCUT2D eigenvalue weighted by atomic mass is 10.1. The van der Waals surface area contributed by atoms with Crippen LogP contribution in [0.2, 0.25) is 0 Å². The number of carbonyl (C=O) groups excluding carboxylic acids is 1. The van der Waals surface area contributed by atoms with Gasteiger partial charge in [0, 0.05) is 6.54 Å². The predicted octanol–water partition coefficient (Wildman–Crippen LogP) is 3.47. The maximum Gasteiger partial charge on any atom is 0.229 e. The van der Waals surface area contributed by atoms with E-state index in [2.05, 4.69) is 24.3 Å². The van der Waals surface area contributed by atoms with Crippen LogP contribution < -0.4 is 9.64 Å². The van der Waals surface area contributed by atoms with E-state index < -0.39 is 6.23 Å². The number of para-hydroxylation sites is 1. The van der Waals surface area contributed by atoms with Crippen LogP contribution in [0.25, 0.3) is 10.8 Å². The van der Waals surface area contributed by atoms with Gasteiger partial charge in [0.1, 0.15) is 17.2 Å². The molecule has 0 saturated carbocycles. The highest BCUT2D eigenvalue weighted by Gasteiger charge is 2.32. The topological polar surface area (TPSA) is 49.8 Å². The Morgan fingerprint density at radius 3 is 2.70 bits per heavy atom. The number of carbonyl (C=O) groups is 1. The lowest BCUT2D eigenvalue weighted by Gasteiger charge is -2.22. The number of ether oxygens (including phenoxy) is 1. The largest absolute Gasteiger partial charge is 0.506 e. The molecule has 1 atom stereocenters. The normalized spacial score (nSPS) is 16.2. The van der Waals surface area contributed by atoms with Crippen LogP contribution in [0, 0.1) is 0 Å². The van der Waals surface area contributed by atoms with Crippen molar-refractivity contribution >= 4 is 22.7 Å². The Kier molecular flexibility index (Phi) is 3.15. The summed E-state index contributed by atoms with van der Waals surface area (Å²) >= 11 is 0. The smallest absolute Gasteiger partial charge is 0.229 e. The number of benzene rings is 3. The summed E-state index contributed by atoms with van der Waals surface area (Å²) in [5, 5.41) is 12.4. The number of hydrogen-bond acceptors (Lipinski definition) is 4. The van der Waals surface area contributed by atoms with E-state index >= 15 is 0 Å². The van der Waals surface area contributed by atoms with Crippen molar-refractivity contribution in [2.75, 3.05) is 4.90 Å². The van der Waals surface area contributed by atoms with Gasteiger partial charge in [-0.25, -0.2) is 0 Å². The fourth-order valence-corrected chi connectivity index (χ4v) is 3.02. The molecule has 3 aromatic carbocycles. The Balaban J connectivity index is 1.73. The molecule has 4 rings (SSSR count). The van der Waals surface area contributed by atoms with Crippen molar-refractivity contribution in [1.29, 1.82) is 0 Å². The molecule has 23 heavy (non-hydrogen) atoms. The Morgan fingerprint density at radius 1 is 1.04 bits per heavy atom. The summed E-state index contributed by atoms with van der Waals surface area (Å²) in [5.41, 5.74) is 1.62. The first-order valence-electron chi connectivity index (χ1n) is 7.44. The van der Waals surface area contributed by atoms with Gasteiger partial charge in [-0.05, 0) is 34.5 Å². The number of aldehydes is 1. The zero-order chi connectivity index (χ0) is 15.8. The molecule has 4 heteroatoms. The van der Waals surface area contributed by atoms with Gasteiger partial charge in [0.15, 0.2) is 6.29 Å². The molecule has 4 nitrogen and oxygen atoms in total. The number of phenolic OH excluding ortho intramolecular Hbond substituents is 1. The maximum absolute atomic E-state index is 11.4.